The standard InChI is InChI=1S/C14H15N3O3S2/c1-17(2)22(18,19)14-12(15)10-7-8-6-9(20-3)4-5-11(8)16-13(10)21-14/h4-7H,15H2,1-3H3. The van der Waals surface area contributed by atoms with Crippen LogP contribution < -0.4 is 10.5 Å². The van der Waals surface area contributed by atoms with Crippen molar-refractivity contribution in [2.45, 2.75) is 4.21 Å². The molecule has 2 heterocycles. The van der Waals surface area contributed by atoms with Crippen molar-refractivity contribution in [3.8, 4) is 5.75 Å². The van der Waals surface area contributed by atoms with E-state index in [1.807, 2.05) is 24.3 Å². The van der Waals surface area contributed by atoms with Gasteiger partial charge in [-0.25, -0.2) is 17.7 Å². The molecule has 6 nitrogen and oxygen atoms in total. The Labute approximate surface area is 132 Å². The van der Waals surface area contributed by atoms with Crippen molar-refractivity contribution < 1.29 is 13.2 Å². The molecule has 2 N–H and O–H groups in total. The zero-order chi connectivity index (χ0) is 16.1. The maximum Gasteiger partial charge on any atom is 0.254 e. The summed E-state index contributed by atoms with van der Waals surface area (Å²) in [5.74, 6) is 0.712. The quantitative estimate of drug-likeness (QED) is 0.792. The van der Waals surface area contributed by atoms with Crippen molar-refractivity contribution in [2.75, 3.05) is 26.9 Å². The molecule has 116 valence electrons. The Kier molecular flexibility index (Phi) is 3.47. The second-order valence-corrected chi connectivity index (χ2v) is 8.34. The van der Waals surface area contributed by atoms with Gasteiger partial charge in [-0.2, -0.15) is 0 Å². The van der Waals surface area contributed by atoms with Gasteiger partial charge in [-0.3, -0.25) is 0 Å². The highest BCUT2D eigenvalue weighted by atomic mass is 32.2. The molecule has 0 saturated carbocycles. The van der Waals surface area contributed by atoms with Crippen molar-refractivity contribution in [1.29, 1.82) is 0 Å². The number of nitrogens with zero attached hydrogens (tertiary/aromatic N) is 2. The number of methoxy groups -OCH3 is 1. The maximum absolute atomic E-state index is 12.3. The monoisotopic (exact) mass is 337 g/mol. The minimum atomic E-state index is -3.58. The number of nitrogens with two attached hydrogens (primary N) is 1. The number of fused-ring (bicyclic) bond motifs is 2. The van der Waals surface area contributed by atoms with E-state index in [0.29, 0.717) is 16.0 Å². The highest BCUT2D eigenvalue weighted by molar-refractivity contribution is 7.91. The van der Waals surface area contributed by atoms with E-state index in [4.69, 9.17) is 10.5 Å². The van der Waals surface area contributed by atoms with Crippen LogP contribution >= 0.6 is 11.3 Å². The number of anilines is 1. The van der Waals surface area contributed by atoms with Crippen molar-refractivity contribution in [3.05, 3.63) is 24.3 Å². The predicted molar refractivity (Wildman–Crippen MR) is 89.0 cm³/mol. The van der Waals surface area contributed by atoms with Crippen molar-refractivity contribution in [2.24, 2.45) is 0 Å². The number of sulfonamides is 1. The number of ether oxygens (including phenoxy) is 1. The summed E-state index contributed by atoms with van der Waals surface area (Å²) in [6.45, 7) is 0. The second kappa shape index (κ2) is 5.08. The Hall–Kier alpha value is -1.90. The van der Waals surface area contributed by atoms with E-state index in [-0.39, 0.29) is 9.90 Å². The average Bonchev–Trinajstić information content (AvgIpc) is 2.81. The number of rotatable bonds is 3. The van der Waals surface area contributed by atoms with Gasteiger partial charge in [0.2, 0.25) is 0 Å². The topological polar surface area (TPSA) is 85.5 Å². The van der Waals surface area contributed by atoms with Crippen LogP contribution in [0, 0.1) is 0 Å². The van der Waals surface area contributed by atoms with Crippen LogP contribution in [-0.2, 0) is 10.0 Å². The van der Waals surface area contributed by atoms with E-state index in [1.165, 1.54) is 14.1 Å². The van der Waals surface area contributed by atoms with Crippen LogP contribution in [0.5, 0.6) is 5.75 Å². The van der Waals surface area contributed by atoms with Crippen molar-refractivity contribution in [1.82, 2.24) is 9.29 Å². The van der Waals surface area contributed by atoms with Crippen LogP contribution in [0.2, 0.25) is 0 Å². The van der Waals surface area contributed by atoms with Crippen molar-refractivity contribution >= 4 is 48.2 Å². The molecule has 0 amide bonds. The normalized spacial score (nSPS) is 12.4. The fourth-order valence-corrected chi connectivity index (χ4v) is 4.79. The molecule has 22 heavy (non-hydrogen) atoms. The molecule has 1 aromatic carbocycles. The smallest absolute Gasteiger partial charge is 0.254 e. The van der Waals surface area contributed by atoms with Crippen LogP contribution in [0.15, 0.2) is 28.5 Å². The van der Waals surface area contributed by atoms with E-state index in [1.54, 1.807) is 7.11 Å². The molecule has 2 aromatic heterocycles. The highest BCUT2D eigenvalue weighted by Crippen LogP contribution is 2.38. The van der Waals surface area contributed by atoms with Gasteiger partial charge in [-0.15, -0.1) is 11.3 Å². The minimum Gasteiger partial charge on any atom is -0.497 e. The lowest BCUT2D eigenvalue weighted by Gasteiger charge is -2.09. The number of nitrogen functional groups attached to an aromatic ring is 1. The van der Waals surface area contributed by atoms with Crippen LogP contribution in [-0.4, -0.2) is 38.9 Å². The number of benzene rings is 1. The zero-order valence-corrected chi connectivity index (χ0v) is 14.0. The largest absolute Gasteiger partial charge is 0.497 e. The summed E-state index contributed by atoms with van der Waals surface area (Å²) in [4.78, 5) is 5.11. The first-order valence-corrected chi connectivity index (χ1v) is 8.69. The molecular formula is C14H15N3O3S2. The number of hydrogen-bond donors (Lipinski definition) is 1. The Morgan fingerprint density at radius 1 is 1.27 bits per heavy atom. The van der Waals surface area contributed by atoms with Crippen LogP contribution in [0.4, 0.5) is 5.69 Å². The molecule has 3 aromatic rings. The molecule has 8 heteroatoms. The molecule has 3 rings (SSSR count). The Morgan fingerprint density at radius 2 is 2.00 bits per heavy atom. The van der Waals surface area contributed by atoms with Gasteiger partial charge in [0, 0.05) is 24.9 Å². The van der Waals surface area contributed by atoms with E-state index in [0.717, 1.165) is 26.5 Å². The van der Waals surface area contributed by atoms with Crippen LogP contribution in [0.3, 0.4) is 0 Å². The number of hydrogen-bond acceptors (Lipinski definition) is 6. The van der Waals surface area contributed by atoms with E-state index in [2.05, 4.69) is 4.98 Å². The SMILES string of the molecule is COc1ccc2nc3sc(S(=O)(=O)N(C)C)c(N)c3cc2c1. The lowest BCUT2D eigenvalue weighted by molar-refractivity contribution is 0.415. The van der Waals surface area contributed by atoms with Gasteiger partial charge in [-0.05, 0) is 24.3 Å². The molecule has 0 radical (unpaired) electrons. The summed E-state index contributed by atoms with van der Waals surface area (Å²) in [6.07, 6.45) is 0. The van der Waals surface area contributed by atoms with Gasteiger partial charge >= 0.3 is 0 Å². The summed E-state index contributed by atoms with van der Waals surface area (Å²) in [5, 5.41) is 1.50. The molecule has 0 unspecified atom stereocenters. The summed E-state index contributed by atoms with van der Waals surface area (Å²) < 4.78 is 31.1. The summed E-state index contributed by atoms with van der Waals surface area (Å²) in [5.41, 5.74) is 7.07. The van der Waals surface area contributed by atoms with Gasteiger partial charge < -0.3 is 10.5 Å². The zero-order valence-electron chi connectivity index (χ0n) is 12.3. The lowest BCUT2D eigenvalue weighted by Crippen LogP contribution is -2.22. The van der Waals surface area contributed by atoms with Crippen molar-refractivity contribution in [3.63, 3.8) is 0 Å². The number of pyridine rings is 1. The Morgan fingerprint density at radius 3 is 2.64 bits per heavy atom. The van der Waals surface area contributed by atoms with Gasteiger partial charge in [0.15, 0.2) is 4.21 Å². The van der Waals surface area contributed by atoms with E-state index < -0.39 is 10.0 Å². The summed E-state index contributed by atoms with van der Waals surface area (Å²) in [7, 11) is 0.972. The van der Waals surface area contributed by atoms with E-state index in [9.17, 15) is 8.42 Å². The van der Waals surface area contributed by atoms with Gasteiger partial charge in [0.25, 0.3) is 10.0 Å². The number of thiophene rings is 1. The average molecular weight is 337 g/mol. The molecular weight excluding hydrogens is 322 g/mol. The molecule has 0 spiro atoms. The number of aromatic nitrogens is 1. The fourth-order valence-electron chi connectivity index (χ4n) is 2.14. The van der Waals surface area contributed by atoms with Gasteiger partial charge in [0.1, 0.15) is 10.6 Å². The lowest BCUT2D eigenvalue weighted by atomic mass is 10.2. The van der Waals surface area contributed by atoms with Gasteiger partial charge in [0.05, 0.1) is 18.3 Å². The third kappa shape index (κ3) is 2.20. The van der Waals surface area contributed by atoms with Crippen LogP contribution in [0.1, 0.15) is 0 Å². The first-order valence-electron chi connectivity index (χ1n) is 6.44. The molecule has 0 aliphatic carbocycles. The molecule has 0 aliphatic heterocycles. The highest BCUT2D eigenvalue weighted by Gasteiger charge is 2.25. The minimum absolute atomic E-state index is 0.127. The van der Waals surface area contributed by atoms with Crippen LogP contribution in [0.25, 0.3) is 21.1 Å². The second-order valence-electron chi connectivity index (χ2n) is 4.99. The third-order valence-electron chi connectivity index (χ3n) is 3.40. The first-order chi connectivity index (χ1) is 10.3. The van der Waals surface area contributed by atoms with Gasteiger partial charge in [-0.1, -0.05) is 0 Å². The molecule has 0 bridgehead atoms. The fraction of sp³-hybridized carbons (Fsp3) is 0.214. The summed E-state index contributed by atoms with van der Waals surface area (Å²) >= 11 is 1.09. The molecule has 0 aliphatic rings. The van der Waals surface area contributed by atoms with E-state index >= 15 is 0 Å². The maximum atomic E-state index is 12.3. The molecule has 0 saturated heterocycles. The summed E-state index contributed by atoms with van der Waals surface area (Å²) in [6, 6.07) is 7.35. The first kappa shape index (κ1) is 15.0. The predicted octanol–water partition coefficient (Wildman–Crippen LogP) is 2.29. The molecule has 0 atom stereocenters. The Bertz CT molecular complexity index is 978. The third-order valence-corrected chi connectivity index (χ3v) is 6.84. The Balaban J connectivity index is 2.32. The molecule has 0 fully saturated rings.